The number of nitrogens with zero attached hydrogens (tertiary/aromatic N) is 2. The molecule has 3 atom stereocenters. The number of carbonyl (C=O) groups is 3. The monoisotopic (exact) mass is 418 g/mol. The van der Waals surface area contributed by atoms with Gasteiger partial charge in [0.15, 0.2) is 11.0 Å². The highest BCUT2D eigenvalue weighted by Crippen LogP contribution is 2.51. The van der Waals surface area contributed by atoms with Gasteiger partial charge in [0.05, 0.1) is 29.6 Å². The van der Waals surface area contributed by atoms with Crippen molar-refractivity contribution in [1.29, 1.82) is 0 Å². The van der Waals surface area contributed by atoms with Crippen molar-refractivity contribution < 1.29 is 23.6 Å². The Morgan fingerprint density at radius 3 is 2.62 bits per heavy atom. The van der Waals surface area contributed by atoms with Crippen molar-refractivity contribution in [2.24, 2.45) is 5.41 Å². The van der Waals surface area contributed by atoms with Gasteiger partial charge in [-0.1, -0.05) is 16.8 Å². The van der Waals surface area contributed by atoms with Crippen molar-refractivity contribution in [2.45, 2.75) is 45.4 Å². The molecule has 0 unspecified atom stereocenters. The highest BCUT2D eigenvalue weighted by atomic mass is 35.5. The zero-order chi connectivity index (χ0) is 20.7. The SMILES string of the molecule is Cc1noc2c(Cl)c3c(cc12)CC1(C(=O)NC(=O)NC1=O)[C@@H]1[C@@H](C)O[C@@H](C)CN31. The number of hydrogen-bond donors (Lipinski definition) is 2. The van der Waals surface area contributed by atoms with Crippen LogP contribution in [-0.2, 0) is 20.7 Å². The summed E-state index contributed by atoms with van der Waals surface area (Å²) in [4.78, 5) is 39.9. The van der Waals surface area contributed by atoms with Gasteiger partial charge in [-0.15, -0.1) is 0 Å². The van der Waals surface area contributed by atoms with Crippen LogP contribution in [-0.4, -0.2) is 47.8 Å². The molecule has 0 radical (unpaired) electrons. The second-order valence-electron chi connectivity index (χ2n) is 7.98. The quantitative estimate of drug-likeness (QED) is 0.625. The van der Waals surface area contributed by atoms with Gasteiger partial charge in [-0.3, -0.25) is 20.2 Å². The molecule has 3 aliphatic heterocycles. The molecule has 2 fully saturated rings. The van der Waals surface area contributed by atoms with E-state index in [2.05, 4.69) is 15.8 Å². The predicted octanol–water partition coefficient (Wildman–Crippen LogP) is 1.68. The number of aromatic nitrogens is 1. The summed E-state index contributed by atoms with van der Waals surface area (Å²) in [5.41, 5.74) is 1.05. The lowest BCUT2D eigenvalue weighted by atomic mass is 9.66. The van der Waals surface area contributed by atoms with Crippen LogP contribution in [0, 0.1) is 12.3 Å². The van der Waals surface area contributed by atoms with Crippen molar-refractivity contribution in [3.63, 3.8) is 0 Å². The number of aryl methyl sites for hydroxylation is 1. The van der Waals surface area contributed by atoms with E-state index >= 15 is 0 Å². The first kappa shape index (κ1) is 18.4. The van der Waals surface area contributed by atoms with Crippen molar-refractivity contribution in [2.75, 3.05) is 11.4 Å². The first-order valence-electron chi connectivity index (χ1n) is 9.40. The van der Waals surface area contributed by atoms with Crippen molar-refractivity contribution in [3.8, 4) is 0 Å². The second kappa shape index (κ2) is 5.93. The van der Waals surface area contributed by atoms with Crippen LogP contribution in [0.4, 0.5) is 10.5 Å². The maximum Gasteiger partial charge on any atom is 0.328 e. The Kier molecular flexibility index (Phi) is 3.76. The highest BCUT2D eigenvalue weighted by Gasteiger charge is 2.63. The molecule has 1 spiro atoms. The lowest BCUT2D eigenvalue weighted by Gasteiger charge is -2.55. The van der Waals surface area contributed by atoms with E-state index in [1.54, 1.807) is 6.92 Å². The number of fused-ring (bicyclic) bond motifs is 5. The number of benzene rings is 1. The van der Waals surface area contributed by atoms with E-state index in [9.17, 15) is 14.4 Å². The summed E-state index contributed by atoms with van der Waals surface area (Å²) >= 11 is 6.74. The molecule has 152 valence electrons. The Labute approximate surface area is 170 Å². The topological polar surface area (TPSA) is 114 Å². The maximum atomic E-state index is 13.1. The summed E-state index contributed by atoms with van der Waals surface area (Å²) in [6.45, 7) is 5.97. The first-order valence-corrected chi connectivity index (χ1v) is 9.78. The fraction of sp³-hybridized carbons (Fsp3) is 0.474. The summed E-state index contributed by atoms with van der Waals surface area (Å²) in [6, 6.07) is 0.407. The van der Waals surface area contributed by atoms with E-state index in [0.717, 1.165) is 10.9 Å². The molecule has 9 nitrogen and oxygen atoms in total. The second-order valence-corrected chi connectivity index (χ2v) is 8.36. The van der Waals surface area contributed by atoms with Gasteiger partial charge in [-0.05, 0) is 38.8 Å². The lowest BCUT2D eigenvalue weighted by molar-refractivity contribution is -0.153. The number of rotatable bonds is 0. The van der Waals surface area contributed by atoms with E-state index in [4.69, 9.17) is 20.9 Å². The molecule has 3 aliphatic rings. The number of morpholine rings is 1. The Hall–Kier alpha value is -2.65. The minimum atomic E-state index is -1.53. The molecule has 5 rings (SSSR count). The molecule has 4 heterocycles. The fourth-order valence-electron chi connectivity index (χ4n) is 5.06. The van der Waals surface area contributed by atoms with Crippen LogP contribution in [0.25, 0.3) is 11.0 Å². The maximum absolute atomic E-state index is 13.1. The first-order chi connectivity index (χ1) is 13.7. The van der Waals surface area contributed by atoms with Gasteiger partial charge in [0, 0.05) is 11.9 Å². The van der Waals surface area contributed by atoms with Crippen LogP contribution in [0.15, 0.2) is 10.6 Å². The summed E-state index contributed by atoms with van der Waals surface area (Å²) in [7, 11) is 0. The van der Waals surface area contributed by atoms with Crippen LogP contribution in [0.3, 0.4) is 0 Å². The third-order valence-electron chi connectivity index (χ3n) is 6.15. The molecule has 29 heavy (non-hydrogen) atoms. The normalized spacial score (nSPS) is 28.2. The average molecular weight is 419 g/mol. The third-order valence-corrected chi connectivity index (χ3v) is 6.50. The zero-order valence-electron chi connectivity index (χ0n) is 16.0. The van der Waals surface area contributed by atoms with Gasteiger partial charge in [0.2, 0.25) is 11.8 Å². The van der Waals surface area contributed by atoms with Crippen molar-refractivity contribution >= 4 is 46.1 Å². The molecule has 0 bridgehead atoms. The summed E-state index contributed by atoms with van der Waals surface area (Å²) in [6.07, 6.45) is -0.528. The molecule has 2 N–H and O–H groups in total. The summed E-state index contributed by atoms with van der Waals surface area (Å²) in [5, 5.41) is 9.66. The molecule has 1 aromatic heterocycles. The number of urea groups is 1. The Morgan fingerprint density at radius 2 is 1.93 bits per heavy atom. The Morgan fingerprint density at radius 1 is 1.24 bits per heavy atom. The minimum Gasteiger partial charge on any atom is -0.372 e. The molecular formula is C19H19ClN4O5. The molecule has 2 aromatic rings. The third kappa shape index (κ3) is 2.31. The zero-order valence-corrected chi connectivity index (χ0v) is 16.8. The van der Waals surface area contributed by atoms with Gasteiger partial charge in [-0.2, -0.15) is 0 Å². The number of nitrogens with one attached hydrogen (secondary N) is 2. The van der Waals surface area contributed by atoms with Gasteiger partial charge in [0.25, 0.3) is 0 Å². The van der Waals surface area contributed by atoms with Crippen LogP contribution < -0.4 is 15.5 Å². The standard InChI is InChI=1S/C19H19ClN4O5/c1-7-6-24-13-10(4-11-8(2)23-29-14(11)12(13)20)5-19(15(24)9(3)28-7)16(25)21-18(27)22-17(19)26/h4,7,9,15H,5-6H2,1-3H3,(H2,21,22,25,26,27)/t7-,9+,15-/m0/s1. The number of anilines is 1. The van der Waals surface area contributed by atoms with E-state index < -0.39 is 35.4 Å². The summed E-state index contributed by atoms with van der Waals surface area (Å²) < 4.78 is 11.4. The van der Waals surface area contributed by atoms with Gasteiger partial charge < -0.3 is 14.2 Å². The Balaban J connectivity index is 1.79. The molecule has 0 saturated carbocycles. The van der Waals surface area contributed by atoms with Crippen molar-refractivity contribution in [1.82, 2.24) is 15.8 Å². The van der Waals surface area contributed by atoms with E-state index in [0.29, 0.717) is 28.5 Å². The number of hydrogen-bond acceptors (Lipinski definition) is 7. The molecule has 2 saturated heterocycles. The molecule has 10 heteroatoms. The van der Waals surface area contributed by atoms with Gasteiger partial charge in [0.1, 0.15) is 5.02 Å². The number of amides is 4. The minimum absolute atomic E-state index is 0.0802. The van der Waals surface area contributed by atoms with Gasteiger partial charge in [-0.25, -0.2) is 4.79 Å². The fourth-order valence-corrected chi connectivity index (χ4v) is 5.43. The lowest BCUT2D eigenvalue weighted by Crippen LogP contribution is -2.75. The molecule has 4 amide bonds. The van der Waals surface area contributed by atoms with Gasteiger partial charge >= 0.3 is 6.03 Å². The highest BCUT2D eigenvalue weighted by molar-refractivity contribution is 6.38. The number of carbonyl (C=O) groups excluding carboxylic acids is 3. The smallest absolute Gasteiger partial charge is 0.328 e. The summed E-state index contributed by atoms with van der Waals surface area (Å²) in [5.74, 6) is -1.26. The Bertz CT molecular complexity index is 1080. The largest absolute Gasteiger partial charge is 0.372 e. The van der Waals surface area contributed by atoms with Crippen LogP contribution in [0.5, 0.6) is 0 Å². The number of barbiturate groups is 1. The van der Waals surface area contributed by atoms with E-state index in [1.807, 2.05) is 24.8 Å². The average Bonchev–Trinajstić information content (AvgIpc) is 3.00. The van der Waals surface area contributed by atoms with Crippen molar-refractivity contribution in [3.05, 3.63) is 22.3 Å². The van der Waals surface area contributed by atoms with E-state index in [1.165, 1.54) is 0 Å². The number of ether oxygens (including phenoxy) is 1. The van der Waals surface area contributed by atoms with E-state index in [-0.39, 0.29) is 12.5 Å². The molecule has 1 aromatic carbocycles. The molecular weight excluding hydrogens is 400 g/mol. The number of imide groups is 2. The van der Waals surface area contributed by atoms with Crippen LogP contribution in [0.1, 0.15) is 25.1 Å². The predicted molar refractivity (Wildman–Crippen MR) is 103 cm³/mol. The van der Waals surface area contributed by atoms with Crippen LogP contribution in [0.2, 0.25) is 5.02 Å². The van der Waals surface area contributed by atoms with Crippen LogP contribution >= 0.6 is 11.6 Å². The molecule has 0 aliphatic carbocycles. The number of halogens is 1.